The summed E-state index contributed by atoms with van der Waals surface area (Å²) in [6.45, 7) is 16.7. The number of nitrogen functional groups attached to an aromatic ring is 1. The predicted molar refractivity (Wildman–Crippen MR) is 110 cm³/mol. The van der Waals surface area contributed by atoms with Crippen molar-refractivity contribution in [1.29, 1.82) is 0 Å². The topological polar surface area (TPSA) is 71.0 Å². The first kappa shape index (κ1) is 20.0. The highest BCUT2D eigenvalue weighted by molar-refractivity contribution is 5.66. The molecule has 0 saturated carbocycles. The number of benzene rings is 2. The summed E-state index contributed by atoms with van der Waals surface area (Å²) in [5.74, 6) is 0.177. The van der Waals surface area contributed by atoms with Crippen LogP contribution in [0.15, 0.2) is 34.5 Å². The molecule has 140 valence electrons. The molecule has 0 unspecified atom stereocenters. The molecule has 4 nitrogen and oxygen atoms in total. The number of hydrogen-bond acceptors (Lipinski definition) is 4. The van der Waals surface area contributed by atoms with Crippen LogP contribution in [0.2, 0.25) is 0 Å². The van der Waals surface area contributed by atoms with Gasteiger partial charge in [0, 0.05) is 5.56 Å². The maximum absolute atomic E-state index is 10.8. The van der Waals surface area contributed by atoms with E-state index in [9.17, 15) is 5.11 Å². The number of hydrogen-bond donors (Lipinski definition) is 2. The maximum Gasteiger partial charge on any atom is 0.146 e. The van der Waals surface area contributed by atoms with Gasteiger partial charge in [0.05, 0.1) is 5.69 Å². The lowest BCUT2D eigenvalue weighted by molar-refractivity contribution is 0.446. The van der Waals surface area contributed by atoms with Crippen LogP contribution in [-0.2, 0) is 10.8 Å². The van der Waals surface area contributed by atoms with E-state index in [4.69, 9.17) is 5.73 Å². The number of nitrogens with two attached hydrogens (primary N) is 1. The Hall–Kier alpha value is -2.36. The van der Waals surface area contributed by atoms with E-state index in [2.05, 4.69) is 57.8 Å². The minimum absolute atomic E-state index is 0.0581. The average molecular weight is 354 g/mol. The zero-order chi connectivity index (χ0) is 19.9. The zero-order valence-electron chi connectivity index (χ0n) is 17.2. The molecular weight excluding hydrogens is 322 g/mol. The smallest absolute Gasteiger partial charge is 0.146 e. The molecule has 0 radical (unpaired) electrons. The van der Waals surface area contributed by atoms with Crippen molar-refractivity contribution < 1.29 is 5.11 Å². The number of anilines is 1. The minimum atomic E-state index is -0.199. The van der Waals surface area contributed by atoms with Crippen molar-refractivity contribution in [2.75, 3.05) is 5.73 Å². The van der Waals surface area contributed by atoms with Gasteiger partial charge < -0.3 is 10.8 Å². The molecule has 0 heterocycles. The third-order valence-corrected chi connectivity index (χ3v) is 4.67. The van der Waals surface area contributed by atoms with Crippen LogP contribution in [-0.4, -0.2) is 5.11 Å². The molecule has 0 spiro atoms. The number of phenolic OH excluding ortho intramolecular Hbond substituents is 1. The molecule has 0 aliphatic rings. The van der Waals surface area contributed by atoms with Crippen LogP contribution in [0, 0.1) is 13.8 Å². The van der Waals surface area contributed by atoms with Gasteiger partial charge in [-0.25, -0.2) is 0 Å². The summed E-state index contributed by atoms with van der Waals surface area (Å²) < 4.78 is 0. The van der Waals surface area contributed by atoms with Crippen LogP contribution in [0.5, 0.6) is 5.75 Å². The van der Waals surface area contributed by atoms with E-state index < -0.39 is 0 Å². The highest BCUT2D eigenvalue weighted by Gasteiger charge is 2.25. The summed E-state index contributed by atoms with van der Waals surface area (Å²) in [7, 11) is 0. The third-order valence-electron chi connectivity index (χ3n) is 4.67. The van der Waals surface area contributed by atoms with E-state index in [1.807, 2.05) is 32.0 Å². The fourth-order valence-electron chi connectivity index (χ4n) is 2.72. The van der Waals surface area contributed by atoms with E-state index in [1.165, 1.54) is 0 Å². The van der Waals surface area contributed by atoms with Crippen LogP contribution in [0.1, 0.15) is 63.8 Å². The molecule has 2 aromatic carbocycles. The Morgan fingerprint density at radius 2 is 1.31 bits per heavy atom. The molecule has 3 N–H and O–H groups in total. The van der Waals surface area contributed by atoms with Gasteiger partial charge in [0.25, 0.3) is 0 Å². The molecule has 2 aromatic rings. The molecule has 0 atom stereocenters. The molecule has 0 saturated heterocycles. The molecule has 0 fully saturated rings. The Bertz CT molecular complexity index is 853. The average Bonchev–Trinajstić information content (AvgIpc) is 2.48. The monoisotopic (exact) mass is 353 g/mol. The normalized spacial score (nSPS) is 12.8. The van der Waals surface area contributed by atoms with Gasteiger partial charge in [0.15, 0.2) is 0 Å². The summed E-state index contributed by atoms with van der Waals surface area (Å²) in [4.78, 5) is 0. The van der Waals surface area contributed by atoms with Crippen LogP contribution in [0.25, 0.3) is 0 Å². The molecular formula is C22H31N3O. The van der Waals surface area contributed by atoms with Crippen molar-refractivity contribution >= 4 is 17.1 Å². The van der Waals surface area contributed by atoms with Crippen molar-refractivity contribution in [1.82, 2.24) is 0 Å². The quantitative estimate of drug-likeness (QED) is 0.471. The van der Waals surface area contributed by atoms with Crippen molar-refractivity contribution in [2.24, 2.45) is 10.2 Å². The van der Waals surface area contributed by atoms with Gasteiger partial charge >= 0.3 is 0 Å². The van der Waals surface area contributed by atoms with E-state index in [0.29, 0.717) is 17.1 Å². The molecule has 0 bridgehead atoms. The molecule has 0 aromatic heterocycles. The lowest BCUT2D eigenvalue weighted by Crippen LogP contribution is -2.16. The van der Waals surface area contributed by atoms with Crippen molar-refractivity contribution in [3.8, 4) is 5.75 Å². The van der Waals surface area contributed by atoms with E-state index >= 15 is 0 Å². The van der Waals surface area contributed by atoms with Gasteiger partial charge in [-0.3, -0.25) is 0 Å². The third kappa shape index (κ3) is 4.24. The summed E-state index contributed by atoms with van der Waals surface area (Å²) in [5, 5.41) is 19.5. The second-order valence-corrected chi connectivity index (χ2v) is 9.09. The highest BCUT2D eigenvalue weighted by atomic mass is 16.3. The summed E-state index contributed by atoms with van der Waals surface area (Å²) in [5.41, 5.74) is 11.7. The summed E-state index contributed by atoms with van der Waals surface area (Å²) in [6, 6.07) is 7.79. The largest absolute Gasteiger partial charge is 0.505 e. The van der Waals surface area contributed by atoms with Crippen LogP contribution >= 0.6 is 0 Å². The first-order chi connectivity index (χ1) is 11.8. The van der Waals surface area contributed by atoms with E-state index in [-0.39, 0.29) is 16.6 Å². The second-order valence-electron chi connectivity index (χ2n) is 9.09. The molecule has 4 heteroatoms. The molecule has 0 aliphatic carbocycles. The van der Waals surface area contributed by atoms with Crippen LogP contribution in [0.4, 0.5) is 17.1 Å². The van der Waals surface area contributed by atoms with Crippen LogP contribution < -0.4 is 5.73 Å². The SMILES string of the molecule is Cc1cc(N)c(N=Nc2cc(C(C)(C)C)cc(C(C)(C)C)c2O)cc1C. The first-order valence-electron chi connectivity index (χ1n) is 8.97. The van der Waals surface area contributed by atoms with Gasteiger partial charge in [-0.2, -0.15) is 0 Å². The Balaban J connectivity index is 2.60. The zero-order valence-corrected chi connectivity index (χ0v) is 17.2. The van der Waals surface area contributed by atoms with Crippen molar-refractivity contribution in [3.63, 3.8) is 0 Å². The Morgan fingerprint density at radius 1 is 0.769 bits per heavy atom. The van der Waals surface area contributed by atoms with Crippen LogP contribution in [0.3, 0.4) is 0 Å². The molecule has 2 rings (SSSR count). The fourth-order valence-corrected chi connectivity index (χ4v) is 2.72. The minimum Gasteiger partial charge on any atom is -0.505 e. The number of aromatic hydroxyl groups is 1. The standard InChI is InChI=1S/C22H31N3O/c1-13-9-17(23)18(10-14(13)2)24-25-19-12-15(21(3,4)5)11-16(20(19)26)22(6,7)8/h9-12,26H,23H2,1-8H3. The molecule has 26 heavy (non-hydrogen) atoms. The Kier molecular flexibility index (Phi) is 5.18. The lowest BCUT2D eigenvalue weighted by Gasteiger charge is -2.26. The van der Waals surface area contributed by atoms with E-state index in [0.717, 1.165) is 22.3 Å². The first-order valence-corrected chi connectivity index (χ1v) is 8.97. The number of aryl methyl sites for hydroxylation is 2. The van der Waals surface area contributed by atoms with Gasteiger partial charge in [0.2, 0.25) is 0 Å². The van der Waals surface area contributed by atoms with Gasteiger partial charge in [-0.15, -0.1) is 10.2 Å². The summed E-state index contributed by atoms with van der Waals surface area (Å²) in [6.07, 6.45) is 0. The molecule has 0 amide bonds. The Labute approximate surface area is 157 Å². The second kappa shape index (κ2) is 6.75. The number of nitrogens with zero attached hydrogens (tertiary/aromatic N) is 2. The van der Waals surface area contributed by atoms with Crippen molar-refractivity contribution in [3.05, 3.63) is 46.5 Å². The maximum atomic E-state index is 10.8. The predicted octanol–water partition coefficient (Wildman–Crippen LogP) is 6.60. The number of azo groups is 1. The number of rotatable bonds is 2. The molecule has 0 aliphatic heterocycles. The van der Waals surface area contributed by atoms with Gasteiger partial charge in [0.1, 0.15) is 17.1 Å². The van der Waals surface area contributed by atoms with Gasteiger partial charge in [-0.05, 0) is 59.6 Å². The highest BCUT2D eigenvalue weighted by Crippen LogP contribution is 2.42. The van der Waals surface area contributed by atoms with E-state index in [1.54, 1.807) is 0 Å². The van der Waals surface area contributed by atoms with Gasteiger partial charge in [-0.1, -0.05) is 47.6 Å². The Morgan fingerprint density at radius 3 is 1.85 bits per heavy atom. The number of phenols is 1. The lowest BCUT2D eigenvalue weighted by atomic mass is 9.80. The summed E-state index contributed by atoms with van der Waals surface area (Å²) >= 11 is 0. The fraction of sp³-hybridized carbons (Fsp3) is 0.455. The van der Waals surface area contributed by atoms with Crippen molar-refractivity contribution in [2.45, 2.75) is 66.2 Å².